The minimum Gasteiger partial charge on any atom is -0.393 e. The molecule has 0 saturated heterocycles. The quantitative estimate of drug-likeness (QED) is 0.598. The maximum Gasteiger partial charge on any atom is 0.131 e. The van der Waals surface area contributed by atoms with Crippen LogP contribution in [0.1, 0.15) is 77.2 Å². The molecule has 4 aliphatic carbocycles. The Morgan fingerprint density at radius 3 is 2.45 bits per heavy atom. The topological polar surface area (TPSA) is 40.5 Å². The summed E-state index contributed by atoms with van der Waals surface area (Å²) in [6.45, 7) is 4.86. The first kappa shape index (κ1) is 19.7. The van der Waals surface area contributed by atoms with Gasteiger partial charge in [0.1, 0.15) is 5.60 Å². The molecule has 0 heterocycles. The first-order valence-electron chi connectivity index (χ1n) is 11.8. The molecule has 0 radical (unpaired) electrons. The number of rotatable bonds is 0. The molecule has 156 valence electrons. The second-order valence-corrected chi connectivity index (χ2v) is 11.1. The molecule has 0 unspecified atom stereocenters. The van der Waals surface area contributed by atoms with Crippen LogP contribution in [0, 0.1) is 46.3 Å². The molecule has 0 bridgehead atoms. The van der Waals surface area contributed by atoms with E-state index in [-0.39, 0.29) is 11.5 Å². The summed E-state index contributed by atoms with van der Waals surface area (Å²) in [6.07, 6.45) is 9.86. The van der Waals surface area contributed by atoms with Crippen molar-refractivity contribution >= 4 is 0 Å². The Balaban J connectivity index is 1.42. The summed E-state index contributed by atoms with van der Waals surface area (Å²) >= 11 is 0. The number of hydrogen-bond donors (Lipinski definition) is 2. The van der Waals surface area contributed by atoms with Gasteiger partial charge in [-0.1, -0.05) is 43.9 Å². The van der Waals surface area contributed by atoms with Gasteiger partial charge in [-0.15, -0.1) is 0 Å². The average Bonchev–Trinajstić information content (AvgIpc) is 2.99. The summed E-state index contributed by atoms with van der Waals surface area (Å²) in [5.74, 6) is 9.40. The van der Waals surface area contributed by atoms with Gasteiger partial charge < -0.3 is 10.2 Å². The maximum atomic E-state index is 11.7. The van der Waals surface area contributed by atoms with Crippen molar-refractivity contribution in [1.82, 2.24) is 0 Å². The lowest BCUT2D eigenvalue weighted by atomic mass is 9.44. The van der Waals surface area contributed by atoms with Gasteiger partial charge in [-0.25, -0.2) is 0 Å². The second-order valence-electron chi connectivity index (χ2n) is 11.1. The third-order valence-electron chi connectivity index (χ3n) is 9.98. The van der Waals surface area contributed by atoms with Crippen LogP contribution >= 0.6 is 0 Å². The molecule has 0 aromatic heterocycles. The molecule has 5 rings (SSSR count). The smallest absolute Gasteiger partial charge is 0.131 e. The average molecular weight is 393 g/mol. The van der Waals surface area contributed by atoms with Crippen molar-refractivity contribution in [3.8, 4) is 11.8 Å². The Kier molecular flexibility index (Phi) is 4.65. The minimum atomic E-state index is -0.862. The van der Waals surface area contributed by atoms with Crippen LogP contribution < -0.4 is 0 Å². The molecular formula is C27H36O2. The predicted octanol–water partition coefficient (Wildman–Crippen LogP) is 5.17. The molecule has 4 aliphatic rings. The Hall–Kier alpha value is -1.30. The van der Waals surface area contributed by atoms with Crippen molar-refractivity contribution in [2.24, 2.45) is 34.5 Å². The molecule has 2 N–H and O–H groups in total. The van der Waals surface area contributed by atoms with Gasteiger partial charge in [0.25, 0.3) is 0 Å². The minimum absolute atomic E-state index is 0.0803. The number of hydrogen-bond acceptors (Lipinski definition) is 2. The predicted molar refractivity (Wildman–Crippen MR) is 116 cm³/mol. The molecule has 0 aliphatic heterocycles. The van der Waals surface area contributed by atoms with E-state index in [2.05, 4.69) is 25.7 Å². The highest BCUT2D eigenvalue weighted by molar-refractivity contribution is 5.38. The SMILES string of the molecule is C[C@]12CC[C@H](O)C[C@@H]1CC[C@H]1[C@H]2CC[C@@]2(C)[C@@H]1CC[C@@]2(O)C#Cc1ccccc1. The zero-order valence-corrected chi connectivity index (χ0v) is 18.0. The van der Waals surface area contributed by atoms with E-state index in [9.17, 15) is 10.2 Å². The summed E-state index contributed by atoms with van der Waals surface area (Å²) in [7, 11) is 0. The highest BCUT2D eigenvalue weighted by Gasteiger charge is 2.64. The number of aliphatic hydroxyl groups excluding tert-OH is 1. The van der Waals surface area contributed by atoms with Crippen LogP contribution in [-0.4, -0.2) is 21.9 Å². The monoisotopic (exact) mass is 392 g/mol. The molecule has 29 heavy (non-hydrogen) atoms. The van der Waals surface area contributed by atoms with Crippen LogP contribution in [0.3, 0.4) is 0 Å². The van der Waals surface area contributed by atoms with E-state index >= 15 is 0 Å². The van der Waals surface area contributed by atoms with E-state index in [1.54, 1.807) is 0 Å². The van der Waals surface area contributed by atoms with E-state index in [4.69, 9.17) is 0 Å². The van der Waals surface area contributed by atoms with Gasteiger partial charge in [0, 0.05) is 11.0 Å². The third-order valence-corrected chi connectivity index (χ3v) is 9.98. The zero-order chi connectivity index (χ0) is 20.3. The van der Waals surface area contributed by atoms with Crippen molar-refractivity contribution in [2.45, 2.75) is 83.3 Å². The molecule has 4 fully saturated rings. The van der Waals surface area contributed by atoms with E-state index in [0.29, 0.717) is 17.3 Å². The standard InChI is InChI=1S/C27H36O2/c1-25-14-11-21(28)18-20(25)8-9-22-23(25)12-15-26(2)24(22)13-17-27(26,29)16-10-19-6-4-3-5-7-19/h3-7,20-24,28-29H,8-9,11-15,17-18H2,1-2H3/t20-,21-,22-,23+,24+,25-,26-,27-/m0/s1. The van der Waals surface area contributed by atoms with Crippen LogP contribution in [0.2, 0.25) is 0 Å². The highest BCUT2D eigenvalue weighted by atomic mass is 16.3. The lowest BCUT2D eigenvalue weighted by Gasteiger charge is -2.61. The van der Waals surface area contributed by atoms with Crippen LogP contribution in [0.15, 0.2) is 30.3 Å². The van der Waals surface area contributed by atoms with Crippen molar-refractivity contribution in [2.75, 3.05) is 0 Å². The van der Waals surface area contributed by atoms with Gasteiger partial charge >= 0.3 is 0 Å². The third kappa shape index (κ3) is 2.92. The Labute approximate surface area is 176 Å². The Bertz CT molecular complexity index is 822. The highest BCUT2D eigenvalue weighted by Crippen LogP contribution is 2.68. The summed E-state index contributed by atoms with van der Waals surface area (Å²) in [4.78, 5) is 0. The maximum absolute atomic E-state index is 11.7. The van der Waals surface area contributed by atoms with Gasteiger partial charge in [0.05, 0.1) is 6.10 Å². The van der Waals surface area contributed by atoms with Crippen molar-refractivity contribution in [1.29, 1.82) is 0 Å². The first-order valence-corrected chi connectivity index (χ1v) is 11.8. The Morgan fingerprint density at radius 2 is 1.66 bits per heavy atom. The lowest BCUT2D eigenvalue weighted by Crippen LogP contribution is -2.56. The number of aliphatic hydroxyl groups is 2. The first-order chi connectivity index (χ1) is 13.9. The molecule has 0 spiro atoms. The number of fused-ring (bicyclic) bond motifs is 5. The fraction of sp³-hybridized carbons (Fsp3) is 0.704. The van der Waals surface area contributed by atoms with Crippen LogP contribution in [0.5, 0.6) is 0 Å². The van der Waals surface area contributed by atoms with Crippen molar-refractivity contribution < 1.29 is 10.2 Å². The van der Waals surface area contributed by atoms with Gasteiger partial charge in [0.15, 0.2) is 0 Å². The van der Waals surface area contributed by atoms with Gasteiger partial charge in [0.2, 0.25) is 0 Å². The summed E-state index contributed by atoms with van der Waals surface area (Å²) in [6, 6.07) is 10.1. The van der Waals surface area contributed by atoms with Crippen molar-refractivity contribution in [3.63, 3.8) is 0 Å². The van der Waals surface area contributed by atoms with Crippen LogP contribution in [0.25, 0.3) is 0 Å². The summed E-state index contributed by atoms with van der Waals surface area (Å²) < 4.78 is 0. The molecule has 2 heteroatoms. The fourth-order valence-corrected chi connectivity index (χ4v) is 8.15. The van der Waals surface area contributed by atoms with E-state index in [0.717, 1.165) is 49.5 Å². The molecular weight excluding hydrogens is 356 g/mol. The molecule has 0 amide bonds. The van der Waals surface area contributed by atoms with Crippen LogP contribution in [0.4, 0.5) is 0 Å². The Morgan fingerprint density at radius 1 is 0.897 bits per heavy atom. The molecule has 2 nitrogen and oxygen atoms in total. The molecule has 8 atom stereocenters. The zero-order valence-electron chi connectivity index (χ0n) is 18.0. The van der Waals surface area contributed by atoms with Crippen LogP contribution in [-0.2, 0) is 0 Å². The van der Waals surface area contributed by atoms with Gasteiger partial charge in [-0.3, -0.25) is 0 Å². The van der Waals surface area contributed by atoms with Gasteiger partial charge in [-0.2, -0.15) is 0 Å². The summed E-state index contributed by atoms with van der Waals surface area (Å²) in [5, 5.41) is 21.9. The van der Waals surface area contributed by atoms with Gasteiger partial charge in [-0.05, 0) is 99.0 Å². The molecule has 1 aromatic rings. The normalized spacial score (nSPS) is 48.6. The number of benzene rings is 1. The van der Waals surface area contributed by atoms with E-state index < -0.39 is 5.60 Å². The lowest BCUT2D eigenvalue weighted by molar-refractivity contribution is -0.144. The largest absolute Gasteiger partial charge is 0.393 e. The van der Waals surface area contributed by atoms with Crippen molar-refractivity contribution in [3.05, 3.63) is 35.9 Å². The summed E-state index contributed by atoms with van der Waals surface area (Å²) in [5.41, 5.74) is 0.433. The molecule has 4 saturated carbocycles. The van der Waals surface area contributed by atoms with E-state index in [1.165, 1.54) is 25.7 Å². The molecule has 1 aromatic carbocycles. The fourth-order valence-electron chi connectivity index (χ4n) is 8.15. The van der Waals surface area contributed by atoms with E-state index in [1.807, 2.05) is 30.3 Å². The second kappa shape index (κ2) is 6.86.